The molecule has 0 aliphatic rings. The molecule has 0 heterocycles. The number of alkyl halides is 1. The van der Waals surface area contributed by atoms with E-state index in [-0.39, 0.29) is 11.8 Å². The standard InChI is InChI=1S/C12H6Cl4S.C4H8ClNOS/c13-7-3-1-4-8(14)11(7)17-12-9(15)5-2-6-10(12)16;5-3-4(7)6-1-2-8/h1-6H;8H,1-3H2,(H,6,7). The molecule has 0 unspecified atom stereocenters. The topological polar surface area (TPSA) is 29.1 Å². The molecule has 0 aliphatic heterocycles. The van der Waals surface area contributed by atoms with Crippen LogP contribution in [0.2, 0.25) is 20.1 Å². The first kappa shape index (κ1) is 23.1. The number of amides is 1. The zero-order valence-corrected chi connectivity index (χ0v) is 18.2. The van der Waals surface area contributed by atoms with Crippen LogP contribution in [0.5, 0.6) is 0 Å². The molecule has 0 spiro atoms. The Balaban J connectivity index is 0.000000333. The zero-order chi connectivity index (χ0) is 18.8. The molecule has 0 aliphatic carbocycles. The average Bonchev–Trinajstić information content (AvgIpc) is 2.59. The van der Waals surface area contributed by atoms with Crippen molar-refractivity contribution in [1.82, 2.24) is 5.32 Å². The van der Waals surface area contributed by atoms with Gasteiger partial charge in [0.25, 0.3) is 0 Å². The van der Waals surface area contributed by atoms with Gasteiger partial charge in [-0.15, -0.1) is 11.6 Å². The Morgan fingerprint density at radius 2 is 1.32 bits per heavy atom. The predicted octanol–water partition coefficient (Wildman–Crippen LogP) is 6.72. The minimum Gasteiger partial charge on any atom is -0.354 e. The lowest BCUT2D eigenvalue weighted by atomic mass is 10.3. The molecule has 1 N–H and O–H groups in total. The van der Waals surface area contributed by atoms with Gasteiger partial charge in [-0.05, 0) is 24.3 Å². The Morgan fingerprint density at radius 3 is 1.64 bits per heavy atom. The molecule has 0 saturated heterocycles. The number of benzene rings is 2. The first-order valence-corrected chi connectivity index (χ1v) is 10.4. The number of nitrogens with one attached hydrogen (secondary N) is 1. The van der Waals surface area contributed by atoms with Gasteiger partial charge in [-0.1, -0.05) is 70.3 Å². The highest BCUT2D eigenvalue weighted by Gasteiger charge is 2.12. The molecule has 2 rings (SSSR count). The third kappa shape index (κ3) is 8.08. The molecule has 0 atom stereocenters. The number of carbonyl (C=O) groups excluding carboxylic acids is 1. The third-order valence-corrected chi connectivity index (χ3v) is 6.06. The van der Waals surface area contributed by atoms with Crippen molar-refractivity contribution in [2.75, 3.05) is 18.2 Å². The second-order valence-corrected chi connectivity index (χ2v) is 7.77. The van der Waals surface area contributed by atoms with Crippen molar-refractivity contribution in [2.24, 2.45) is 0 Å². The molecule has 0 bridgehead atoms. The number of rotatable bonds is 5. The molecule has 0 aromatic heterocycles. The van der Waals surface area contributed by atoms with Crippen LogP contribution in [0.1, 0.15) is 0 Å². The van der Waals surface area contributed by atoms with E-state index in [0.29, 0.717) is 32.4 Å². The maximum absolute atomic E-state index is 10.3. The molecule has 1 amide bonds. The normalized spacial score (nSPS) is 10.0. The molecule has 2 aromatic rings. The Labute approximate surface area is 181 Å². The first-order valence-electron chi connectivity index (χ1n) is 6.90. The van der Waals surface area contributed by atoms with E-state index in [2.05, 4.69) is 17.9 Å². The maximum atomic E-state index is 10.3. The van der Waals surface area contributed by atoms with E-state index in [9.17, 15) is 4.79 Å². The van der Waals surface area contributed by atoms with Gasteiger partial charge in [0.15, 0.2) is 0 Å². The summed E-state index contributed by atoms with van der Waals surface area (Å²) in [6.45, 7) is 0.592. The largest absolute Gasteiger partial charge is 0.354 e. The highest BCUT2D eigenvalue weighted by molar-refractivity contribution is 7.99. The molecule has 0 fully saturated rings. The molecule has 2 nitrogen and oxygen atoms in total. The Bertz CT molecular complexity index is 625. The smallest absolute Gasteiger partial charge is 0.234 e. The van der Waals surface area contributed by atoms with Gasteiger partial charge in [-0.2, -0.15) is 12.6 Å². The SMILES string of the molecule is Clc1cccc(Cl)c1Sc1c(Cl)cccc1Cl.O=C(CCl)NCCS. The van der Waals surface area contributed by atoms with Gasteiger partial charge in [0.2, 0.25) is 5.91 Å². The summed E-state index contributed by atoms with van der Waals surface area (Å²) < 4.78 is 0. The number of halogens is 5. The van der Waals surface area contributed by atoms with Crippen molar-refractivity contribution < 1.29 is 4.79 Å². The second-order valence-electron chi connectivity index (χ2n) is 4.41. The van der Waals surface area contributed by atoms with Gasteiger partial charge in [-0.25, -0.2) is 0 Å². The zero-order valence-electron chi connectivity index (χ0n) is 12.7. The quantitative estimate of drug-likeness (QED) is 0.370. The van der Waals surface area contributed by atoms with Gasteiger partial charge in [-0.3, -0.25) is 4.79 Å². The van der Waals surface area contributed by atoms with Crippen LogP contribution in [0.25, 0.3) is 0 Å². The molecule has 25 heavy (non-hydrogen) atoms. The lowest BCUT2D eigenvalue weighted by Gasteiger charge is -2.09. The molecular weight excluding hydrogens is 464 g/mol. The van der Waals surface area contributed by atoms with Gasteiger partial charge >= 0.3 is 0 Å². The van der Waals surface area contributed by atoms with Crippen molar-refractivity contribution in [3.8, 4) is 0 Å². The van der Waals surface area contributed by atoms with Crippen LogP contribution in [-0.4, -0.2) is 24.1 Å². The predicted molar refractivity (Wildman–Crippen MR) is 115 cm³/mol. The van der Waals surface area contributed by atoms with Crippen LogP contribution in [0, 0.1) is 0 Å². The van der Waals surface area contributed by atoms with Crippen molar-refractivity contribution in [3.63, 3.8) is 0 Å². The summed E-state index contributed by atoms with van der Waals surface area (Å²) in [5, 5.41) is 4.86. The van der Waals surface area contributed by atoms with Crippen molar-refractivity contribution in [1.29, 1.82) is 0 Å². The lowest BCUT2D eigenvalue weighted by molar-refractivity contribution is -0.118. The molecule has 136 valence electrons. The number of thiol groups is 1. The highest BCUT2D eigenvalue weighted by Crippen LogP contribution is 2.43. The van der Waals surface area contributed by atoms with Gasteiger partial charge in [0.1, 0.15) is 5.88 Å². The van der Waals surface area contributed by atoms with Gasteiger partial charge in [0, 0.05) is 22.1 Å². The van der Waals surface area contributed by atoms with Crippen LogP contribution >= 0.6 is 82.4 Å². The summed E-state index contributed by atoms with van der Waals surface area (Å²) in [5.41, 5.74) is 0. The Kier molecular flexibility index (Phi) is 11.5. The number of carbonyl (C=O) groups is 1. The van der Waals surface area contributed by atoms with E-state index in [1.165, 1.54) is 11.8 Å². The molecule has 2 aromatic carbocycles. The molecule has 9 heteroatoms. The summed E-state index contributed by atoms with van der Waals surface area (Å²) in [7, 11) is 0. The van der Waals surface area contributed by atoms with E-state index in [0.717, 1.165) is 9.79 Å². The van der Waals surface area contributed by atoms with E-state index in [1.807, 2.05) is 0 Å². The lowest BCUT2D eigenvalue weighted by Crippen LogP contribution is -2.26. The monoisotopic (exact) mass is 475 g/mol. The van der Waals surface area contributed by atoms with Gasteiger partial charge < -0.3 is 5.32 Å². The average molecular weight is 478 g/mol. The van der Waals surface area contributed by atoms with Crippen LogP contribution in [-0.2, 0) is 4.79 Å². The van der Waals surface area contributed by atoms with E-state index in [4.69, 9.17) is 58.0 Å². The maximum Gasteiger partial charge on any atom is 0.234 e. The Hall–Kier alpha value is 0.0600. The summed E-state index contributed by atoms with van der Waals surface area (Å²) >= 11 is 34.8. The third-order valence-electron chi connectivity index (χ3n) is 2.60. The second kappa shape index (κ2) is 12.4. The van der Waals surface area contributed by atoms with Crippen LogP contribution in [0.15, 0.2) is 46.2 Å². The van der Waals surface area contributed by atoms with E-state index >= 15 is 0 Å². The van der Waals surface area contributed by atoms with Crippen molar-refractivity contribution >= 4 is 88.3 Å². The summed E-state index contributed by atoms with van der Waals surface area (Å²) in [5.74, 6) is 0.553. The highest BCUT2D eigenvalue weighted by atomic mass is 35.5. The fraction of sp³-hybridized carbons (Fsp3) is 0.188. The van der Waals surface area contributed by atoms with E-state index < -0.39 is 0 Å². The van der Waals surface area contributed by atoms with Crippen LogP contribution < -0.4 is 5.32 Å². The number of hydrogen-bond acceptors (Lipinski definition) is 3. The van der Waals surface area contributed by atoms with Crippen molar-refractivity contribution in [3.05, 3.63) is 56.5 Å². The minimum absolute atomic E-state index is 0.0355. The fourth-order valence-electron chi connectivity index (χ4n) is 1.50. The minimum atomic E-state index is -0.138. The molecular formula is C16H14Cl5NOS2. The Morgan fingerprint density at radius 1 is 0.920 bits per heavy atom. The van der Waals surface area contributed by atoms with Crippen LogP contribution in [0.4, 0.5) is 0 Å². The van der Waals surface area contributed by atoms with Crippen LogP contribution in [0.3, 0.4) is 0 Å². The summed E-state index contributed by atoms with van der Waals surface area (Å²) in [6, 6.07) is 10.7. The van der Waals surface area contributed by atoms with Crippen molar-refractivity contribution in [2.45, 2.75) is 9.79 Å². The molecule has 0 radical (unpaired) electrons. The fourth-order valence-corrected chi connectivity index (χ4v) is 3.84. The summed E-state index contributed by atoms with van der Waals surface area (Å²) in [4.78, 5) is 11.8. The summed E-state index contributed by atoms with van der Waals surface area (Å²) in [6.07, 6.45) is 0. The van der Waals surface area contributed by atoms with Gasteiger partial charge in [0.05, 0.1) is 20.1 Å². The number of hydrogen-bond donors (Lipinski definition) is 2. The molecule has 0 saturated carbocycles. The first-order chi connectivity index (χ1) is 11.9. The van der Waals surface area contributed by atoms with E-state index in [1.54, 1.807) is 36.4 Å².